The summed E-state index contributed by atoms with van der Waals surface area (Å²) in [7, 11) is 0. The Morgan fingerprint density at radius 2 is 1.85 bits per heavy atom. The Morgan fingerprint density at radius 1 is 1.19 bits per heavy atom. The van der Waals surface area contributed by atoms with Crippen LogP contribution in [0.5, 0.6) is 0 Å². The second-order valence-corrected chi connectivity index (χ2v) is 7.87. The van der Waals surface area contributed by atoms with Gasteiger partial charge in [0.05, 0.1) is 12.1 Å². The van der Waals surface area contributed by atoms with Gasteiger partial charge in [0.15, 0.2) is 0 Å². The van der Waals surface area contributed by atoms with Crippen LogP contribution in [0.4, 0.5) is 0 Å². The summed E-state index contributed by atoms with van der Waals surface area (Å²) in [5.41, 5.74) is 7.50. The van der Waals surface area contributed by atoms with E-state index >= 15 is 0 Å². The highest BCUT2D eigenvalue weighted by Gasteiger charge is 2.29. The summed E-state index contributed by atoms with van der Waals surface area (Å²) < 4.78 is 5.38. The molecule has 1 aromatic rings. The van der Waals surface area contributed by atoms with Gasteiger partial charge in [-0.3, -0.25) is 9.69 Å². The zero-order valence-corrected chi connectivity index (χ0v) is 15.9. The Morgan fingerprint density at radius 3 is 2.50 bits per heavy atom. The normalized spacial score (nSPS) is 22.7. The first-order valence-electron chi connectivity index (χ1n) is 10.0. The topological polar surface area (TPSA) is 67.6 Å². The molecule has 3 rings (SSSR count). The van der Waals surface area contributed by atoms with Crippen LogP contribution >= 0.6 is 0 Å². The minimum Gasteiger partial charge on any atom is -0.381 e. The molecule has 0 spiro atoms. The zero-order chi connectivity index (χ0) is 18.4. The third-order valence-corrected chi connectivity index (χ3v) is 5.99. The van der Waals surface area contributed by atoms with E-state index in [0.717, 1.165) is 31.8 Å². The van der Waals surface area contributed by atoms with Crippen molar-refractivity contribution in [3.05, 3.63) is 35.9 Å². The van der Waals surface area contributed by atoms with Crippen molar-refractivity contribution in [1.29, 1.82) is 0 Å². The minimum absolute atomic E-state index is 0.0248. The fourth-order valence-corrected chi connectivity index (χ4v) is 4.08. The van der Waals surface area contributed by atoms with Gasteiger partial charge in [-0.1, -0.05) is 37.3 Å². The molecule has 2 unspecified atom stereocenters. The lowest BCUT2D eigenvalue weighted by atomic mass is 9.91. The third-order valence-electron chi connectivity index (χ3n) is 5.99. The molecule has 26 heavy (non-hydrogen) atoms. The summed E-state index contributed by atoms with van der Waals surface area (Å²) in [6.45, 7) is 6.54. The highest BCUT2D eigenvalue weighted by atomic mass is 16.5. The van der Waals surface area contributed by atoms with Crippen LogP contribution in [0.25, 0.3) is 0 Å². The summed E-state index contributed by atoms with van der Waals surface area (Å²) in [4.78, 5) is 15.1. The number of hydrogen-bond acceptors (Lipinski definition) is 4. The fraction of sp³-hybridized carbons (Fsp3) is 0.667. The number of amides is 1. The highest BCUT2D eigenvalue weighted by molar-refractivity contribution is 5.81. The number of rotatable bonds is 6. The van der Waals surface area contributed by atoms with E-state index in [1.54, 1.807) is 0 Å². The molecule has 0 saturated carbocycles. The summed E-state index contributed by atoms with van der Waals surface area (Å²) in [6, 6.07) is 10.3. The van der Waals surface area contributed by atoms with Crippen LogP contribution in [0.3, 0.4) is 0 Å². The van der Waals surface area contributed by atoms with E-state index in [1.165, 1.54) is 18.4 Å². The van der Waals surface area contributed by atoms with Crippen LogP contribution in [0, 0.1) is 11.8 Å². The lowest BCUT2D eigenvalue weighted by Crippen LogP contribution is -2.49. The monoisotopic (exact) mass is 359 g/mol. The van der Waals surface area contributed by atoms with Crippen molar-refractivity contribution in [3.8, 4) is 0 Å². The van der Waals surface area contributed by atoms with Crippen molar-refractivity contribution in [2.45, 2.75) is 44.7 Å². The summed E-state index contributed by atoms with van der Waals surface area (Å²) in [5, 5.41) is 3.14. The minimum atomic E-state index is -0.434. The van der Waals surface area contributed by atoms with Gasteiger partial charge in [0.25, 0.3) is 0 Å². The van der Waals surface area contributed by atoms with E-state index in [4.69, 9.17) is 10.5 Å². The molecule has 1 aromatic carbocycles. The van der Waals surface area contributed by atoms with Gasteiger partial charge < -0.3 is 15.8 Å². The molecule has 3 N–H and O–H groups in total. The molecule has 0 bridgehead atoms. The van der Waals surface area contributed by atoms with Crippen LogP contribution in [-0.2, 0) is 9.53 Å². The van der Waals surface area contributed by atoms with Gasteiger partial charge in [0, 0.05) is 19.8 Å². The Balaban J connectivity index is 1.61. The van der Waals surface area contributed by atoms with E-state index in [-0.39, 0.29) is 17.9 Å². The number of carbonyl (C=O) groups excluding carboxylic acids is 1. The predicted octanol–water partition coefficient (Wildman–Crippen LogP) is 2.33. The second kappa shape index (κ2) is 9.49. The first kappa shape index (κ1) is 19.3. The van der Waals surface area contributed by atoms with Crippen molar-refractivity contribution in [2.75, 3.05) is 32.8 Å². The van der Waals surface area contributed by atoms with Crippen molar-refractivity contribution in [3.63, 3.8) is 0 Å². The number of piperidine rings is 1. The number of nitrogens with one attached hydrogen (secondary N) is 1. The van der Waals surface area contributed by atoms with Crippen LogP contribution in [0.2, 0.25) is 0 Å². The first-order valence-corrected chi connectivity index (χ1v) is 10.0. The third kappa shape index (κ3) is 5.06. The second-order valence-electron chi connectivity index (χ2n) is 7.87. The molecule has 2 atom stereocenters. The van der Waals surface area contributed by atoms with E-state index in [2.05, 4.69) is 41.4 Å². The molecule has 1 amide bonds. The van der Waals surface area contributed by atoms with Gasteiger partial charge in [-0.25, -0.2) is 0 Å². The van der Waals surface area contributed by atoms with Gasteiger partial charge >= 0.3 is 0 Å². The van der Waals surface area contributed by atoms with Crippen molar-refractivity contribution in [1.82, 2.24) is 10.2 Å². The number of hydrogen-bond donors (Lipinski definition) is 2. The predicted molar refractivity (Wildman–Crippen MR) is 104 cm³/mol. The summed E-state index contributed by atoms with van der Waals surface area (Å²) >= 11 is 0. The molecule has 2 heterocycles. The molecule has 5 heteroatoms. The molecule has 2 fully saturated rings. The maximum Gasteiger partial charge on any atom is 0.237 e. The van der Waals surface area contributed by atoms with Crippen LogP contribution in [0.1, 0.15) is 44.2 Å². The SMILES string of the molecule is CC1CCN(C(CNC(=O)C(N)C2CCOCC2)c2ccccc2)CC1. The van der Waals surface area contributed by atoms with E-state index in [1.807, 2.05) is 6.07 Å². The smallest absolute Gasteiger partial charge is 0.237 e. The van der Waals surface area contributed by atoms with Gasteiger partial charge in [-0.15, -0.1) is 0 Å². The molecular weight excluding hydrogens is 326 g/mol. The van der Waals surface area contributed by atoms with E-state index in [0.29, 0.717) is 19.8 Å². The number of benzene rings is 1. The number of nitrogens with two attached hydrogens (primary N) is 1. The standard InChI is InChI=1S/C21H33N3O2/c1-16-7-11-24(12-8-16)19(17-5-3-2-4-6-17)15-23-21(25)20(22)18-9-13-26-14-10-18/h2-6,16,18-20H,7-15,22H2,1H3,(H,23,25). The van der Waals surface area contributed by atoms with Gasteiger partial charge in [-0.05, 0) is 56.2 Å². The molecule has 2 aliphatic rings. The van der Waals surface area contributed by atoms with E-state index < -0.39 is 6.04 Å². The van der Waals surface area contributed by atoms with E-state index in [9.17, 15) is 4.79 Å². The Hall–Kier alpha value is -1.43. The Bertz CT molecular complexity index is 552. The van der Waals surface area contributed by atoms with Crippen molar-refractivity contribution < 1.29 is 9.53 Å². The van der Waals surface area contributed by atoms with Crippen LogP contribution in [-0.4, -0.2) is 49.7 Å². The number of carbonyl (C=O) groups is 1. The summed E-state index contributed by atoms with van der Waals surface area (Å²) in [6.07, 6.45) is 4.19. The molecule has 2 aliphatic heterocycles. The van der Waals surface area contributed by atoms with Crippen molar-refractivity contribution >= 4 is 5.91 Å². The van der Waals surface area contributed by atoms with Gasteiger partial charge in [-0.2, -0.15) is 0 Å². The highest BCUT2D eigenvalue weighted by Crippen LogP contribution is 2.26. The Kier molecular flexibility index (Phi) is 7.06. The largest absolute Gasteiger partial charge is 0.381 e. The van der Waals surface area contributed by atoms with Crippen LogP contribution < -0.4 is 11.1 Å². The number of ether oxygens (including phenoxy) is 1. The average molecular weight is 360 g/mol. The Labute approximate surface area is 157 Å². The maximum absolute atomic E-state index is 12.6. The zero-order valence-electron chi connectivity index (χ0n) is 15.9. The van der Waals surface area contributed by atoms with Crippen LogP contribution in [0.15, 0.2) is 30.3 Å². The first-order chi connectivity index (χ1) is 12.6. The molecule has 0 aliphatic carbocycles. The maximum atomic E-state index is 12.6. The van der Waals surface area contributed by atoms with Gasteiger partial charge in [0.2, 0.25) is 5.91 Å². The van der Waals surface area contributed by atoms with Gasteiger partial charge in [0.1, 0.15) is 0 Å². The molecule has 2 saturated heterocycles. The summed E-state index contributed by atoms with van der Waals surface area (Å²) in [5.74, 6) is 0.997. The molecule has 0 aromatic heterocycles. The molecular formula is C21H33N3O2. The molecule has 5 nitrogen and oxygen atoms in total. The lowest BCUT2D eigenvalue weighted by Gasteiger charge is -2.37. The average Bonchev–Trinajstić information content (AvgIpc) is 2.70. The fourth-order valence-electron chi connectivity index (χ4n) is 4.08. The number of likely N-dealkylation sites (tertiary alicyclic amines) is 1. The molecule has 0 radical (unpaired) electrons. The quantitative estimate of drug-likeness (QED) is 0.818. The molecule has 144 valence electrons. The number of nitrogens with zero attached hydrogens (tertiary/aromatic N) is 1. The lowest BCUT2D eigenvalue weighted by molar-refractivity contribution is -0.124. The van der Waals surface area contributed by atoms with Crippen molar-refractivity contribution in [2.24, 2.45) is 17.6 Å².